The number of Topliss-reactive ketones (excluding diaryl/α,β-unsaturated/α-hetero) is 1. The quantitative estimate of drug-likeness (QED) is 0.420. The molecule has 1 amide bonds. The van der Waals surface area contributed by atoms with Gasteiger partial charge in [-0.2, -0.15) is 0 Å². The van der Waals surface area contributed by atoms with Crippen molar-refractivity contribution in [2.75, 3.05) is 6.61 Å². The molecule has 1 fully saturated rings. The van der Waals surface area contributed by atoms with Crippen molar-refractivity contribution >= 4 is 23.1 Å². The number of fused-ring (bicyclic) bond motifs is 3. The van der Waals surface area contributed by atoms with Crippen LogP contribution in [0.5, 0.6) is 5.75 Å². The van der Waals surface area contributed by atoms with Crippen LogP contribution in [0.1, 0.15) is 73.2 Å². The second-order valence-electron chi connectivity index (χ2n) is 12.1. The van der Waals surface area contributed by atoms with E-state index in [1.807, 2.05) is 36.4 Å². The molecule has 3 aliphatic rings. The number of aromatic nitrogens is 1. The number of rotatable bonds is 9. The molecule has 1 saturated carbocycles. The maximum absolute atomic E-state index is 12.6. The molecule has 1 atom stereocenters. The van der Waals surface area contributed by atoms with E-state index in [1.165, 1.54) is 11.1 Å². The number of primary amides is 1. The topological polar surface area (TPSA) is 108 Å². The smallest absolute Gasteiger partial charge is 0.227 e. The van der Waals surface area contributed by atoms with Crippen molar-refractivity contribution < 1.29 is 18.8 Å². The van der Waals surface area contributed by atoms with Crippen LogP contribution in [-0.4, -0.2) is 29.2 Å². The van der Waals surface area contributed by atoms with E-state index in [1.54, 1.807) is 0 Å². The molecule has 3 aromatic rings. The first-order valence-corrected chi connectivity index (χ1v) is 13.5. The van der Waals surface area contributed by atoms with Crippen molar-refractivity contribution in [2.45, 2.75) is 64.2 Å². The van der Waals surface area contributed by atoms with Crippen LogP contribution in [0.15, 0.2) is 64.1 Å². The van der Waals surface area contributed by atoms with Gasteiger partial charge in [-0.15, -0.1) is 0 Å². The number of aliphatic imine (C=N–C) groups is 1. The standard InChI is InChI=1S/C32H33N3O4/c1-31(2,3)29-16-22(35-39-29)15-23(36)12-19-4-6-20(7-5-19)27-17-26-25-9-8-24(13-21(25)14-28(26)34-27)38-18-32(10-11-32)30(33)37/h4-9,13,16-17,26H,10-12,14-15,18H2,1-3H3,(H2,33,37). The molecule has 200 valence electrons. The molecule has 0 saturated heterocycles. The maximum atomic E-state index is 12.6. The third-order valence-electron chi connectivity index (χ3n) is 7.99. The summed E-state index contributed by atoms with van der Waals surface area (Å²) in [7, 11) is 0. The van der Waals surface area contributed by atoms with Crippen molar-refractivity contribution in [3.8, 4) is 5.75 Å². The van der Waals surface area contributed by atoms with E-state index in [9.17, 15) is 9.59 Å². The minimum Gasteiger partial charge on any atom is -0.492 e. The third-order valence-corrected chi connectivity index (χ3v) is 7.99. The third kappa shape index (κ3) is 5.05. The molecular formula is C32H33N3O4. The Hall–Kier alpha value is -4.00. The van der Waals surface area contributed by atoms with Gasteiger partial charge in [-0.3, -0.25) is 14.6 Å². The summed E-state index contributed by atoms with van der Waals surface area (Å²) in [6.07, 6.45) is 5.22. The van der Waals surface area contributed by atoms with Crippen LogP contribution in [0, 0.1) is 5.41 Å². The Morgan fingerprint density at radius 3 is 2.51 bits per heavy atom. The van der Waals surface area contributed by atoms with Gasteiger partial charge in [0.2, 0.25) is 5.91 Å². The Morgan fingerprint density at radius 2 is 1.85 bits per heavy atom. The molecular weight excluding hydrogens is 490 g/mol. The number of benzene rings is 2. The minimum absolute atomic E-state index is 0.105. The molecule has 7 nitrogen and oxygen atoms in total. The summed E-state index contributed by atoms with van der Waals surface area (Å²) in [6, 6.07) is 16.1. The highest BCUT2D eigenvalue weighted by Crippen LogP contribution is 2.46. The molecule has 1 aliphatic heterocycles. The maximum Gasteiger partial charge on any atom is 0.227 e. The molecule has 2 N–H and O–H groups in total. The number of nitrogens with two attached hydrogens (primary N) is 1. The van der Waals surface area contributed by atoms with Crippen molar-refractivity contribution in [3.05, 3.63) is 88.3 Å². The molecule has 2 aliphatic carbocycles. The molecule has 2 aromatic carbocycles. The zero-order chi connectivity index (χ0) is 27.4. The summed E-state index contributed by atoms with van der Waals surface area (Å²) < 4.78 is 11.3. The fraction of sp³-hybridized carbons (Fsp3) is 0.375. The first-order valence-electron chi connectivity index (χ1n) is 13.5. The van der Waals surface area contributed by atoms with E-state index in [-0.39, 0.29) is 29.4 Å². The van der Waals surface area contributed by atoms with E-state index in [0.29, 0.717) is 18.7 Å². The van der Waals surface area contributed by atoms with E-state index >= 15 is 0 Å². The number of hydrogen-bond donors (Lipinski definition) is 1. The van der Waals surface area contributed by atoms with Crippen LogP contribution in [-0.2, 0) is 34.3 Å². The Kier molecular flexibility index (Phi) is 6.05. The van der Waals surface area contributed by atoms with Crippen LogP contribution in [0.4, 0.5) is 0 Å². The second kappa shape index (κ2) is 9.33. The molecule has 6 rings (SSSR count). The van der Waals surface area contributed by atoms with Gasteiger partial charge >= 0.3 is 0 Å². The Labute approximate surface area is 228 Å². The lowest BCUT2D eigenvalue weighted by atomic mass is 9.93. The van der Waals surface area contributed by atoms with Gasteiger partial charge in [-0.1, -0.05) is 56.3 Å². The normalized spacial score (nSPS) is 18.7. The van der Waals surface area contributed by atoms with Crippen molar-refractivity contribution in [2.24, 2.45) is 16.1 Å². The lowest BCUT2D eigenvalue weighted by molar-refractivity contribution is -0.124. The van der Waals surface area contributed by atoms with Crippen molar-refractivity contribution in [1.82, 2.24) is 5.16 Å². The number of allylic oxidation sites excluding steroid dienone is 1. The summed E-state index contributed by atoms with van der Waals surface area (Å²) in [5.41, 5.74) is 12.2. The molecule has 2 heterocycles. The highest BCUT2D eigenvalue weighted by atomic mass is 16.5. The average molecular weight is 524 g/mol. The lowest BCUT2D eigenvalue weighted by Crippen LogP contribution is -2.30. The fourth-order valence-corrected chi connectivity index (χ4v) is 5.29. The largest absolute Gasteiger partial charge is 0.492 e. The highest BCUT2D eigenvalue weighted by molar-refractivity contribution is 6.05. The number of carbonyl (C=O) groups is 2. The highest BCUT2D eigenvalue weighted by Gasteiger charge is 2.49. The van der Waals surface area contributed by atoms with Crippen LogP contribution < -0.4 is 10.5 Å². The van der Waals surface area contributed by atoms with Gasteiger partial charge in [-0.05, 0) is 53.3 Å². The second-order valence-corrected chi connectivity index (χ2v) is 12.1. The van der Waals surface area contributed by atoms with E-state index in [0.717, 1.165) is 53.3 Å². The summed E-state index contributed by atoms with van der Waals surface area (Å²) >= 11 is 0. The average Bonchev–Trinajstić information content (AvgIpc) is 3.18. The van der Waals surface area contributed by atoms with E-state index in [4.69, 9.17) is 20.0 Å². The van der Waals surface area contributed by atoms with Gasteiger partial charge in [0.15, 0.2) is 0 Å². The fourth-order valence-electron chi connectivity index (χ4n) is 5.29. The van der Waals surface area contributed by atoms with Crippen LogP contribution in [0.25, 0.3) is 5.70 Å². The predicted octanol–water partition coefficient (Wildman–Crippen LogP) is 5.11. The zero-order valence-electron chi connectivity index (χ0n) is 22.6. The predicted molar refractivity (Wildman–Crippen MR) is 149 cm³/mol. The van der Waals surface area contributed by atoms with Crippen LogP contribution >= 0.6 is 0 Å². The van der Waals surface area contributed by atoms with E-state index in [2.05, 4.69) is 44.1 Å². The first kappa shape index (κ1) is 25.3. The van der Waals surface area contributed by atoms with Gasteiger partial charge in [0.05, 0.1) is 23.2 Å². The monoisotopic (exact) mass is 523 g/mol. The first-order chi connectivity index (χ1) is 18.6. The molecule has 1 aromatic heterocycles. The summed E-state index contributed by atoms with van der Waals surface area (Å²) in [6.45, 7) is 6.51. The number of amides is 1. The Morgan fingerprint density at radius 1 is 1.08 bits per heavy atom. The Balaban J connectivity index is 1.07. The van der Waals surface area contributed by atoms with Crippen LogP contribution in [0.2, 0.25) is 0 Å². The van der Waals surface area contributed by atoms with Gasteiger partial charge in [0.25, 0.3) is 0 Å². The minimum atomic E-state index is -0.479. The summed E-state index contributed by atoms with van der Waals surface area (Å²) in [5, 5.41) is 4.06. The summed E-state index contributed by atoms with van der Waals surface area (Å²) in [5.74, 6) is 1.56. The van der Waals surface area contributed by atoms with Gasteiger partial charge in [0.1, 0.15) is 23.9 Å². The van der Waals surface area contributed by atoms with Crippen LogP contribution in [0.3, 0.4) is 0 Å². The molecule has 0 bridgehead atoms. The number of ketones is 1. The molecule has 0 radical (unpaired) electrons. The SMILES string of the molecule is CC(C)(C)c1cc(CC(=O)Cc2ccc(C3=CC4C(=N3)Cc3cc(OCC5(C(N)=O)CC5)ccc34)cc2)no1. The number of hydrogen-bond acceptors (Lipinski definition) is 6. The molecule has 1 unspecified atom stereocenters. The lowest BCUT2D eigenvalue weighted by Gasteiger charge is -2.14. The molecule has 0 spiro atoms. The van der Waals surface area contributed by atoms with Gasteiger partial charge in [0, 0.05) is 36.0 Å². The van der Waals surface area contributed by atoms with Crippen molar-refractivity contribution in [3.63, 3.8) is 0 Å². The van der Waals surface area contributed by atoms with E-state index < -0.39 is 5.41 Å². The Bertz CT molecular complexity index is 1520. The van der Waals surface area contributed by atoms with Gasteiger partial charge < -0.3 is 15.0 Å². The molecule has 7 heteroatoms. The number of carbonyl (C=O) groups excluding carboxylic acids is 2. The van der Waals surface area contributed by atoms with Crippen molar-refractivity contribution in [1.29, 1.82) is 0 Å². The summed E-state index contributed by atoms with van der Waals surface area (Å²) in [4.78, 5) is 29.2. The molecule has 39 heavy (non-hydrogen) atoms. The zero-order valence-corrected chi connectivity index (χ0v) is 22.6. The number of nitrogens with zero attached hydrogens (tertiary/aromatic N) is 2. The van der Waals surface area contributed by atoms with Gasteiger partial charge in [-0.25, -0.2) is 0 Å². The number of ether oxygens (including phenoxy) is 1.